The van der Waals surface area contributed by atoms with Crippen LogP contribution in [0.2, 0.25) is 0 Å². The third-order valence-corrected chi connectivity index (χ3v) is 6.46. The molecule has 0 spiro atoms. The van der Waals surface area contributed by atoms with E-state index in [0.29, 0.717) is 36.1 Å². The molecular formula is C18H18N6O4S. The summed E-state index contributed by atoms with van der Waals surface area (Å²) >= 11 is 0. The number of likely N-dealkylation sites (tertiary alicyclic amines) is 1. The van der Waals surface area contributed by atoms with Crippen LogP contribution in [0.1, 0.15) is 22.2 Å². The molecule has 1 fully saturated rings. The fourth-order valence-corrected chi connectivity index (χ4v) is 3.78. The van der Waals surface area contributed by atoms with Gasteiger partial charge < -0.3 is 9.42 Å². The molecule has 2 aromatic heterocycles. The van der Waals surface area contributed by atoms with Gasteiger partial charge in [0.1, 0.15) is 5.69 Å². The molecular weight excluding hydrogens is 396 g/mol. The number of carbonyl (C=O) groups is 1. The maximum atomic E-state index is 12.6. The Morgan fingerprint density at radius 1 is 1.17 bits per heavy atom. The molecule has 1 aliphatic rings. The fourth-order valence-electron chi connectivity index (χ4n) is 2.88. The monoisotopic (exact) mass is 414 g/mol. The molecule has 4 rings (SSSR count). The number of aromatic nitrogens is 4. The van der Waals surface area contributed by atoms with Crippen LogP contribution in [-0.2, 0) is 10.0 Å². The lowest BCUT2D eigenvalue weighted by Gasteiger charge is -2.37. The van der Waals surface area contributed by atoms with E-state index in [0.717, 1.165) is 4.31 Å². The Kier molecular flexibility index (Phi) is 4.84. The van der Waals surface area contributed by atoms with Crippen molar-refractivity contribution in [1.82, 2.24) is 29.3 Å². The number of hydrogen-bond donors (Lipinski definition) is 0. The number of rotatable bonds is 5. The molecule has 0 bridgehead atoms. The van der Waals surface area contributed by atoms with E-state index in [4.69, 9.17) is 4.52 Å². The number of hydrogen-bond acceptors (Lipinski definition) is 8. The van der Waals surface area contributed by atoms with Crippen molar-refractivity contribution >= 4 is 15.9 Å². The summed E-state index contributed by atoms with van der Waals surface area (Å²) in [7, 11) is -0.605. The summed E-state index contributed by atoms with van der Waals surface area (Å²) in [5.41, 5.74) is 0.939. The van der Waals surface area contributed by atoms with Gasteiger partial charge in [-0.3, -0.25) is 9.78 Å². The minimum absolute atomic E-state index is 0.0507. The van der Waals surface area contributed by atoms with Crippen LogP contribution >= 0.6 is 0 Å². The van der Waals surface area contributed by atoms with Crippen LogP contribution in [0.3, 0.4) is 0 Å². The van der Waals surface area contributed by atoms with Gasteiger partial charge in [0, 0.05) is 45.1 Å². The van der Waals surface area contributed by atoms with Gasteiger partial charge >= 0.3 is 0 Å². The standard InChI is InChI=1S/C18H18N6O4S/c1-23(2)29(26,27)14-5-3-12(4-6-14)18(25)24-10-13(11-24)17-21-16(22-28-17)15-9-19-7-8-20-15/h3-9,13H,10-11H2,1-2H3. The Bertz CT molecular complexity index is 1120. The first-order chi connectivity index (χ1) is 13.9. The lowest BCUT2D eigenvalue weighted by molar-refractivity contribution is 0.0569. The lowest BCUT2D eigenvalue weighted by Crippen LogP contribution is -2.48. The van der Waals surface area contributed by atoms with E-state index in [1.165, 1.54) is 38.4 Å². The molecule has 1 saturated heterocycles. The minimum atomic E-state index is -3.53. The average molecular weight is 414 g/mol. The molecule has 1 aromatic carbocycles. The predicted molar refractivity (Wildman–Crippen MR) is 101 cm³/mol. The largest absolute Gasteiger partial charge is 0.338 e. The zero-order valence-corrected chi connectivity index (χ0v) is 16.6. The second-order valence-electron chi connectivity index (χ2n) is 6.77. The van der Waals surface area contributed by atoms with Crippen LogP contribution in [0.5, 0.6) is 0 Å². The maximum Gasteiger partial charge on any atom is 0.253 e. The van der Waals surface area contributed by atoms with Gasteiger partial charge in [0.15, 0.2) is 0 Å². The van der Waals surface area contributed by atoms with Crippen LogP contribution in [-0.4, -0.2) is 70.8 Å². The van der Waals surface area contributed by atoms with Gasteiger partial charge in [-0.2, -0.15) is 4.98 Å². The smallest absolute Gasteiger partial charge is 0.253 e. The first-order valence-electron chi connectivity index (χ1n) is 8.78. The van der Waals surface area contributed by atoms with Crippen LogP contribution in [0.25, 0.3) is 11.5 Å². The number of sulfonamides is 1. The molecule has 3 aromatic rings. The van der Waals surface area contributed by atoms with Gasteiger partial charge in [0.05, 0.1) is 17.0 Å². The minimum Gasteiger partial charge on any atom is -0.338 e. The van der Waals surface area contributed by atoms with Crippen molar-refractivity contribution in [1.29, 1.82) is 0 Å². The number of nitrogens with zero attached hydrogens (tertiary/aromatic N) is 6. The van der Waals surface area contributed by atoms with Crippen molar-refractivity contribution in [2.75, 3.05) is 27.2 Å². The maximum absolute atomic E-state index is 12.6. The second-order valence-corrected chi connectivity index (χ2v) is 8.92. The van der Waals surface area contributed by atoms with Gasteiger partial charge in [-0.05, 0) is 24.3 Å². The molecule has 1 amide bonds. The summed E-state index contributed by atoms with van der Waals surface area (Å²) in [4.78, 5) is 26.8. The van der Waals surface area contributed by atoms with E-state index in [1.807, 2.05) is 0 Å². The highest BCUT2D eigenvalue weighted by Crippen LogP contribution is 2.28. The Balaban J connectivity index is 1.40. The van der Waals surface area contributed by atoms with Gasteiger partial charge in [-0.15, -0.1) is 0 Å². The molecule has 0 saturated carbocycles. The molecule has 0 radical (unpaired) electrons. The highest BCUT2D eigenvalue weighted by Gasteiger charge is 2.36. The van der Waals surface area contributed by atoms with E-state index < -0.39 is 10.0 Å². The Morgan fingerprint density at radius 3 is 2.52 bits per heavy atom. The normalized spacial score (nSPS) is 14.8. The Labute approximate surface area is 167 Å². The van der Waals surface area contributed by atoms with Crippen molar-refractivity contribution in [2.45, 2.75) is 10.8 Å². The van der Waals surface area contributed by atoms with E-state index in [9.17, 15) is 13.2 Å². The first kappa shape index (κ1) is 19.2. The summed E-state index contributed by atoms with van der Waals surface area (Å²) < 4.78 is 30.7. The van der Waals surface area contributed by atoms with Gasteiger partial charge in [-0.1, -0.05) is 5.16 Å². The lowest BCUT2D eigenvalue weighted by atomic mass is 9.99. The van der Waals surface area contributed by atoms with Crippen LogP contribution in [0.15, 0.2) is 52.3 Å². The van der Waals surface area contributed by atoms with Crippen molar-refractivity contribution in [3.8, 4) is 11.5 Å². The Morgan fingerprint density at radius 2 is 1.90 bits per heavy atom. The molecule has 1 aliphatic heterocycles. The van der Waals surface area contributed by atoms with Crippen molar-refractivity contribution in [3.63, 3.8) is 0 Å². The van der Waals surface area contributed by atoms with Crippen LogP contribution in [0, 0.1) is 0 Å². The van der Waals surface area contributed by atoms with Crippen molar-refractivity contribution in [2.24, 2.45) is 0 Å². The quantitative estimate of drug-likeness (QED) is 0.606. The molecule has 0 aliphatic carbocycles. The van der Waals surface area contributed by atoms with E-state index in [2.05, 4.69) is 20.1 Å². The molecule has 29 heavy (non-hydrogen) atoms. The SMILES string of the molecule is CN(C)S(=O)(=O)c1ccc(C(=O)N2CC(c3nc(-c4cnccn4)no3)C2)cc1. The summed E-state index contributed by atoms with van der Waals surface area (Å²) in [6.07, 6.45) is 4.65. The van der Waals surface area contributed by atoms with Crippen molar-refractivity contribution < 1.29 is 17.7 Å². The summed E-state index contributed by atoms with van der Waals surface area (Å²) in [6, 6.07) is 5.91. The van der Waals surface area contributed by atoms with Gasteiger partial charge in [0.25, 0.3) is 5.91 Å². The zero-order valence-electron chi connectivity index (χ0n) is 15.8. The molecule has 0 N–H and O–H groups in total. The highest BCUT2D eigenvalue weighted by molar-refractivity contribution is 7.89. The van der Waals surface area contributed by atoms with Crippen LogP contribution in [0.4, 0.5) is 0 Å². The van der Waals surface area contributed by atoms with Gasteiger partial charge in [0.2, 0.25) is 21.7 Å². The molecule has 150 valence electrons. The molecule has 3 heterocycles. The number of amides is 1. The number of benzene rings is 1. The third-order valence-electron chi connectivity index (χ3n) is 4.63. The first-order valence-corrected chi connectivity index (χ1v) is 10.2. The summed E-state index contributed by atoms with van der Waals surface area (Å²) in [6.45, 7) is 0.886. The van der Waals surface area contributed by atoms with Gasteiger partial charge in [-0.25, -0.2) is 17.7 Å². The molecule has 0 unspecified atom stereocenters. The average Bonchev–Trinajstić information content (AvgIpc) is 3.17. The van der Waals surface area contributed by atoms with E-state index in [1.54, 1.807) is 23.5 Å². The highest BCUT2D eigenvalue weighted by atomic mass is 32.2. The van der Waals surface area contributed by atoms with Crippen LogP contribution < -0.4 is 0 Å². The predicted octanol–water partition coefficient (Wildman–Crippen LogP) is 1.02. The molecule has 0 atom stereocenters. The number of carbonyl (C=O) groups excluding carboxylic acids is 1. The zero-order chi connectivity index (χ0) is 20.6. The summed E-state index contributed by atoms with van der Waals surface area (Å²) in [5.74, 6) is 0.576. The third kappa shape index (κ3) is 3.61. The fraction of sp³-hybridized carbons (Fsp3) is 0.278. The molecule has 10 nitrogen and oxygen atoms in total. The molecule has 11 heteroatoms. The second kappa shape index (κ2) is 7.33. The Hall–Kier alpha value is -3.18. The van der Waals surface area contributed by atoms with E-state index >= 15 is 0 Å². The topological polar surface area (TPSA) is 122 Å². The van der Waals surface area contributed by atoms with E-state index in [-0.39, 0.29) is 16.7 Å². The van der Waals surface area contributed by atoms with Crippen molar-refractivity contribution in [3.05, 3.63) is 54.3 Å². The summed E-state index contributed by atoms with van der Waals surface area (Å²) in [5, 5.41) is 3.91.